The molecule has 0 fully saturated rings. The van der Waals surface area contributed by atoms with Gasteiger partial charge < -0.3 is 5.32 Å². The van der Waals surface area contributed by atoms with E-state index < -0.39 is 0 Å². The third kappa shape index (κ3) is 8.60. The first-order chi connectivity index (χ1) is 13.7. The van der Waals surface area contributed by atoms with Gasteiger partial charge in [-0.15, -0.1) is 0 Å². The molecule has 2 rings (SSSR count). The molecule has 2 N–H and O–H groups in total. The number of hydrogen-bond acceptors (Lipinski definition) is 3. The zero-order valence-corrected chi connectivity index (χ0v) is 16.7. The smallest absolute Gasteiger partial charge is 0.181 e. The van der Waals surface area contributed by atoms with Crippen molar-refractivity contribution in [2.24, 2.45) is 0 Å². The highest BCUT2D eigenvalue weighted by atomic mass is 14.9. The Kier molecular flexibility index (Phi) is 9.44. The number of rotatable bonds is 13. The lowest BCUT2D eigenvalue weighted by atomic mass is 10.0. The molecule has 0 aromatic heterocycles. The van der Waals surface area contributed by atoms with E-state index in [-0.39, 0.29) is 0 Å². The molecule has 2 aromatic rings. The molecule has 28 heavy (non-hydrogen) atoms. The van der Waals surface area contributed by atoms with Crippen LogP contribution in [0.4, 0.5) is 5.69 Å². The molecule has 3 nitrogen and oxygen atoms in total. The molecule has 0 atom stereocenters. The van der Waals surface area contributed by atoms with Crippen molar-refractivity contribution in [1.82, 2.24) is 5.32 Å². The summed E-state index contributed by atoms with van der Waals surface area (Å²) < 4.78 is 0. The van der Waals surface area contributed by atoms with Gasteiger partial charge >= 0.3 is 0 Å². The number of unbranched alkanes of at least 4 members (excludes halogenated alkanes) is 3. The topological polar surface area (TPSA) is 47.8 Å². The van der Waals surface area contributed by atoms with Gasteiger partial charge in [0.2, 0.25) is 0 Å². The molecule has 0 amide bonds. The summed E-state index contributed by atoms with van der Waals surface area (Å²) in [7, 11) is 0. The molecule has 0 saturated heterocycles. The lowest BCUT2D eigenvalue weighted by Crippen LogP contribution is -2.03. The van der Waals surface area contributed by atoms with Gasteiger partial charge in [-0.1, -0.05) is 68.5 Å². The molecule has 0 aliphatic heterocycles. The van der Waals surface area contributed by atoms with Gasteiger partial charge in [0.25, 0.3) is 0 Å². The summed E-state index contributed by atoms with van der Waals surface area (Å²) in [6, 6.07) is 19.2. The van der Waals surface area contributed by atoms with Crippen LogP contribution >= 0.6 is 0 Å². The standard InChI is InChI=1S/C25H31N3/c1-21(27-20-26)11-6-3-4-7-12-22(2)28-25-16-10-15-24(19-25)18-17-23-13-8-5-9-14-23/h5,8-10,13-16,19,27-28H,1-4,6-7,11-12,17-18H2. The Labute approximate surface area is 169 Å². The zero-order valence-electron chi connectivity index (χ0n) is 16.7. The second-order valence-corrected chi connectivity index (χ2v) is 7.17. The van der Waals surface area contributed by atoms with Crippen LogP contribution in [0.3, 0.4) is 0 Å². The highest BCUT2D eigenvalue weighted by Crippen LogP contribution is 2.17. The number of nitrogens with zero attached hydrogens (tertiary/aromatic N) is 1. The van der Waals surface area contributed by atoms with Gasteiger partial charge in [-0.2, -0.15) is 5.26 Å². The molecule has 0 spiro atoms. The van der Waals surface area contributed by atoms with Gasteiger partial charge in [0.1, 0.15) is 0 Å². The molecule has 3 heteroatoms. The maximum atomic E-state index is 8.52. The first-order valence-electron chi connectivity index (χ1n) is 10.1. The average Bonchev–Trinajstić information content (AvgIpc) is 2.70. The average molecular weight is 374 g/mol. The monoisotopic (exact) mass is 373 g/mol. The number of anilines is 1. The minimum Gasteiger partial charge on any atom is -0.359 e. The second kappa shape index (κ2) is 12.4. The maximum Gasteiger partial charge on any atom is 0.181 e. The van der Waals surface area contributed by atoms with Crippen LogP contribution in [0.1, 0.15) is 49.7 Å². The number of hydrogen-bond donors (Lipinski definition) is 2. The second-order valence-electron chi connectivity index (χ2n) is 7.17. The molecule has 0 aliphatic carbocycles. The van der Waals surface area contributed by atoms with E-state index in [2.05, 4.69) is 78.4 Å². The SMILES string of the molecule is C=C(CCCCCCC(=C)Nc1cccc(CCc2ccccc2)c1)NC#N. The van der Waals surface area contributed by atoms with Crippen molar-refractivity contribution in [2.45, 2.75) is 51.4 Å². The summed E-state index contributed by atoms with van der Waals surface area (Å²) in [6.45, 7) is 7.99. The number of nitrogens with one attached hydrogen (secondary N) is 2. The van der Waals surface area contributed by atoms with Crippen molar-refractivity contribution >= 4 is 5.69 Å². The van der Waals surface area contributed by atoms with Crippen LogP contribution in [0.5, 0.6) is 0 Å². The number of nitriles is 1. The van der Waals surface area contributed by atoms with Gasteiger partial charge in [-0.3, -0.25) is 5.32 Å². The van der Waals surface area contributed by atoms with Crippen LogP contribution in [0.15, 0.2) is 79.1 Å². The fourth-order valence-electron chi connectivity index (χ4n) is 3.18. The third-order valence-corrected chi connectivity index (χ3v) is 4.73. The normalized spacial score (nSPS) is 10.1. The number of aryl methyl sites for hydroxylation is 2. The Hall–Kier alpha value is -2.99. The van der Waals surface area contributed by atoms with Crippen LogP contribution in [-0.2, 0) is 12.8 Å². The molecule has 0 unspecified atom stereocenters. The van der Waals surface area contributed by atoms with Crippen LogP contribution in [-0.4, -0.2) is 0 Å². The molecule has 0 bridgehead atoms. The highest BCUT2D eigenvalue weighted by molar-refractivity contribution is 5.49. The van der Waals surface area contributed by atoms with E-state index in [1.54, 1.807) is 0 Å². The van der Waals surface area contributed by atoms with Crippen molar-refractivity contribution in [3.63, 3.8) is 0 Å². The van der Waals surface area contributed by atoms with Crippen LogP contribution in [0.2, 0.25) is 0 Å². The van der Waals surface area contributed by atoms with E-state index in [0.29, 0.717) is 0 Å². The molecule has 2 aromatic carbocycles. The Morgan fingerprint density at radius 1 is 0.786 bits per heavy atom. The Balaban J connectivity index is 1.65. The van der Waals surface area contributed by atoms with Gasteiger partial charge in [-0.25, -0.2) is 0 Å². The van der Waals surface area contributed by atoms with E-state index in [0.717, 1.165) is 68.4 Å². The summed E-state index contributed by atoms with van der Waals surface area (Å²) in [5.41, 5.74) is 5.70. The molecule has 146 valence electrons. The summed E-state index contributed by atoms with van der Waals surface area (Å²) in [5, 5.41) is 14.6. The minimum atomic E-state index is 0.806. The minimum absolute atomic E-state index is 0.806. The Bertz CT molecular complexity index is 787. The van der Waals surface area contributed by atoms with E-state index in [9.17, 15) is 0 Å². The van der Waals surface area contributed by atoms with E-state index >= 15 is 0 Å². The van der Waals surface area contributed by atoms with E-state index in [1.807, 2.05) is 6.19 Å². The molecule has 0 heterocycles. The maximum absolute atomic E-state index is 8.52. The number of benzene rings is 2. The molecular formula is C25H31N3. The van der Waals surface area contributed by atoms with Crippen molar-refractivity contribution < 1.29 is 0 Å². The first kappa shape index (κ1) is 21.3. The quantitative estimate of drug-likeness (QED) is 0.245. The number of allylic oxidation sites excluding steroid dienone is 2. The Morgan fingerprint density at radius 2 is 1.43 bits per heavy atom. The van der Waals surface area contributed by atoms with E-state index in [1.165, 1.54) is 11.1 Å². The third-order valence-electron chi connectivity index (χ3n) is 4.73. The van der Waals surface area contributed by atoms with Gasteiger partial charge in [0, 0.05) is 17.1 Å². The van der Waals surface area contributed by atoms with Crippen molar-refractivity contribution in [3.05, 3.63) is 90.3 Å². The largest absolute Gasteiger partial charge is 0.359 e. The predicted molar refractivity (Wildman–Crippen MR) is 119 cm³/mol. The Morgan fingerprint density at radius 3 is 2.14 bits per heavy atom. The molecule has 0 saturated carbocycles. The molecular weight excluding hydrogens is 342 g/mol. The van der Waals surface area contributed by atoms with Crippen LogP contribution < -0.4 is 10.6 Å². The molecule has 0 radical (unpaired) electrons. The summed E-state index contributed by atoms with van der Waals surface area (Å²) in [5.74, 6) is 0. The van der Waals surface area contributed by atoms with Gasteiger partial charge in [-0.05, 0) is 61.8 Å². The van der Waals surface area contributed by atoms with Gasteiger partial charge in [0.05, 0.1) is 0 Å². The van der Waals surface area contributed by atoms with Crippen molar-refractivity contribution in [2.75, 3.05) is 5.32 Å². The summed E-state index contributed by atoms with van der Waals surface area (Å²) in [6.07, 6.45) is 10.3. The van der Waals surface area contributed by atoms with Crippen LogP contribution in [0.25, 0.3) is 0 Å². The van der Waals surface area contributed by atoms with Gasteiger partial charge in [0.15, 0.2) is 6.19 Å². The molecule has 0 aliphatic rings. The summed E-state index contributed by atoms with van der Waals surface area (Å²) >= 11 is 0. The fourth-order valence-corrected chi connectivity index (χ4v) is 3.18. The van der Waals surface area contributed by atoms with Crippen molar-refractivity contribution in [3.8, 4) is 6.19 Å². The highest BCUT2D eigenvalue weighted by Gasteiger charge is 2.01. The van der Waals surface area contributed by atoms with Crippen molar-refractivity contribution in [1.29, 1.82) is 5.26 Å². The fraction of sp³-hybridized carbons (Fsp3) is 0.320. The summed E-state index contributed by atoms with van der Waals surface area (Å²) in [4.78, 5) is 0. The predicted octanol–water partition coefficient (Wildman–Crippen LogP) is 6.32. The van der Waals surface area contributed by atoms with Crippen LogP contribution in [0, 0.1) is 11.5 Å². The lowest BCUT2D eigenvalue weighted by molar-refractivity contribution is 0.632. The van der Waals surface area contributed by atoms with E-state index in [4.69, 9.17) is 5.26 Å². The first-order valence-corrected chi connectivity index (χ1v) is 10.1. The lowest BCUT2D eigenvalue weighted by Gasteiger charge is -2.11. The zero-order chi connectivity index (χ0) is 20.0.